The number of nitrogens with one attached hydrogen (secondary N) is 2. The molecule has 6 nitrogen and oxygen atoms in total. The molecule has 1 fully saturated rings. The average molecular weight is 348 g/mol. The van der Waals surface area contributed by atoms with Crippen molar-refractivity contribution in [2.24, 2.45) is 0 Å². The second-order valence-corrected chi connectivity index (χ2v) is 6.76. The number of amides is 2. The summed E-state index contributed by atoms with van der Waals surface area (Å²) in [5.41, 5.74) is 3.63. The molecule has 2 amide bonds. The molecule has 3 aromatic rings. The maximum Gasteiger partial charge on any atom is 0.287 e. The van der Waals surface area contributed by atoms with Crippen LogP contribution in [0.3, 0.4) is 0 Å². The minimum absolute atomic E-state index is 0.228. The Morgan fingerprint density at radius 1 is 1.12 bits per heavy atom. The van der Waals surface area contributed by atoms with Crippen molar-refractivity contribution in [2.45, 2.75) is 32.7 Å². The van der Waals surface area contributed by atoms with Crippen LogP contribution in [-0.2, 0) is 0 Å². The summed E-state index contributed by atoms with van der Waals surface area (Å²) in [7, 11) is 0. The Morgan fingerprint density at radius 3 is 2.69 bits per heavy atom. The Balaban J connectivity index is 1.70. The van der Waals surface area contributed by atoms with E-state index in [4.69, 9.17) is 0 Å². The molecular formula is C20H20N4O2. The molecule has 0 bridgehead atoms. The van der Waals surface area contributed by atoms with E-state index in [1.165, 1.54) is 0 Å². The molecule has 1 aliphatic carbocycles. The smallest absolute Gasteiger partial charge is 0.287 e. The lowest BCUT2D eigenvalue weighted by atomic mass is 10.1. The monoisotopic (exact) mass is 348 g/mol. The molecule has 1 saturated carbocycles. The van der Waals surface area contributed by atoms with Crippen LogP contribution in [0.5, 0.6) is 0 Å². The van der Waals surface area contributed by atoms with Crippen molar-refractivity contribution >= 4 is 23.0 Å². The van der Waals surface area contributed by atoms with Crippen LogP contribution in [0.1, 0.15) is 45.1 Å². The molecule has 132 valence electrons. The molecule has 2 aromatic heterocycles. The first kappa shape index (κ1) is 16.3. The molecule has 6 heteroatoms. The van der Waals surface area contributed by atoms with Gasteiger partial charge in [-0.25, -0.2) is 4.98 Å². The van der Waals surface area contributed by atoms with Gasteiger partial charge < -0.3 is 10.6 Å². The molecule has 0 saturated heterocycles. The highest BCUT2D eigenvalue weighted by Gasteiger charge is 2.27. The van der Waals surface area contributed by atoms with Crippen LogP contribution in [0.4, 0.5) is 5.69 Å². The van der Waals surface area contributed by atoms with Gasteiger partial charge in [-0.15, -0.1) is 0 Å². The standard InChI is InChI=1S/C20H20N4O2/c1-12-6-7-13(2)15(11-12)22-19(25)17-16-5-3-4-10-24(16)18(23-17)20(26)21-14-8-9-14/h3-7,10-11,14H,8-9H2,1-2H3,(H,21,26)(H,22,25). The number of fused-ring (bicyclic) bond motifs is 1. The van der Waals surface area contributed by atoms with Crippen LogP contribution < -0.4 is 10.6 Å². The zero-order chi connectivity index (χ0) is 18.3. The van der Waals surface area contributed by atoms with Crippen molar-refractivity contribution in [3.8, 4) is 0 Å². The summed E-state index contributed by atoms with van der Waals surface area (Å²) in [6.07, 6.45) is 3.74. The zero-order valence-electron chi connectivity index (χ0n) is 14.7. The topological polar surface area (TPSA) is 75.5 Å². The second-order valence-electron chi connectivity index (χ2n) is 6.76. The molecule has 0 atom stereocenters. The number of anilines is 1. The maximum absolute atomic E-state index is 12.8. The summed E-state index contributed by atoms with van der Waals surface area (Å²) in [4.78, 5) is 29.7. The highest BCUT2D eigenvalue weighted by Crippen LogP contribution is 2.21. The van der Waals surface area contributed by atoms with Crippen molar-refractivity contribution in [3.63, 3.8) is 0 Å². The quantitative estimate of drug-likeness (QED) is 0.761. The number of pyridine rings is 1. The predicted molar refractivity (Wildman–Crippen MR) is 99.5 cm³/mol. The highest BCUT2D eigenvalue weighted by atomic mass is 16.2. The van der Waals surface area contributed by atoms with E-state index in [1.54, 1.807) is 16.7 Å². The maximum atomic E-state index is 12.8. The van der Waals surface area contributed by atoms with E-state index in [2.05, 4.69) is 15.6 Å². The fourth-order valence-corrected chi connectivity index (χ4v) is 2.89. The van der Waals surface area contributed by atoms with E-state index in [0.717, 1.165) is 29.7 Å². The second kappa shape index (κ2) is 6.29. The van der Waals surface area contributed by atoms with Gasteiger partial charge in [-0.3, -0.25) is 14.0 Å². The lowest BCUT2D eigenvalue weighted by molar-refractivity contribution is 0.0940. The van der Waals surface area contributed by atoms with Crippen molar-refractivity contribution in [1.82, 2.24) is 14.7 Å². The summed E-state index contributed by atoms with van der Waals surface area (Å²) in [5.74, 6) is -0.342. The molecule has 0 aliphatic heterocycles. The van der Waals surface area contributed by atoms with E-state index >= 15 is 0 Å². The van der Waals surface area contributed by atoms with Gasteiger partial charge in [0.2, 0.25) is 5.82 Å². The minimum Gasteiger partial charge on any atom is -0.347 e. The van der Waals surface area contributed by atoms with Crippen LogP contribution in [0, 0.1) is 13.8 Å². The van der Waals surface area contributed by atoms with Crippen LogP contribution >= 0.6 is 0 Å². The number of rotatable bonds is 4. The third-order valence-electron chi connectivity index (χ3n) is 4.52. The SMILES string of the molecule is Cc1ccc(C)c(NC(=O)c2nc(C(=O)NC3CC3)n3ccccc23)c1. The number of aryl methyl sites for hydroxylation is 2. The number of carbonyl (C=O) groups excluding carboxylic acids is 2. The molecule has 0 radical (unpaired) electrons. The predicted octanol–water partition coefficient (Wildman–Crippen LogP) is 3.10. The van der Waals surface area contributed by atoms with Gasteiger partial charge in [-0.1, -0.05) is 18.2 Å². The Bertz CT molecular complexity index is 1020. The summed E-state index contributed by atoms with van der Waals surface area (Å²) < 4.78 is 1.66. The Labute approximate surface area is 151 Å². The van der Waals surface area contributed by atoms with Crippen molar-refractivity contribution in [2.75, 3.05) is 5.32 Å². The first-order valence-electron chi connectivity index (χ1n) is 8.69. The summed E-state index contributed by atoms with van der Waals surface area (Å²) in [5, 5.41) is 5.85. The van der Waals surface area contributed by atoms with Crippen LogP contribution in [0.25, 0.3) is 5.52 Å². The number of aromatic nitrogens is 2. The molecule has 2 N–H and O–H groups in total. The number of hydrogen-bond donors (Lipinski definition) is 2. The molecule has 26 heavy (non-hydrogen) atoms. The third-order valence-corrected chi connectivity index (χ3v) is 4.52. The Kier molecular flexibility index (Phi) is 3.95. The number of hydrogen-bond acceptors (Lipinski definition) is 3. The fraction of sp³-hybridized carbons (Fsp3) is 0.250. The van der Waals surface area contributed by atoms with Crippen molar-refractivity contribution in [3.05, 3.63) is 65.2 Å². The van der Waals surface area contributed by atoms with Gasteiger partial charge in [0, 0.05) is 17.9 Å². The van der Waals surface area contributed by atoms with Crippen LogP contribution in [0.2, 0.25) is 0 Å². The largest absolute Gasteiger partial charge is 0.347 e. The summed E-state index contributed by atoms with van der Waals surface area (Å²) in [6.45, 7) is 3.91. The third kappa shape index (κ3) is 3.06. The van der Waals surface area contributed by atoms with E-state index in [1.807, 2.05) is 44.2 Å². The molecule has 0 spiro atoms. The minimum atomic E-state index is -0.326. The zero-order valence-corrected chi connectivity index (χ0v) is 14.7. The number of nitrogens with zero attached hydrogens (tertiary/aromatic N) is 2. The molecule has 1 aromatic carbocycles. The van der Waals surface area contributed by atoms with Crippen LogP contribution in [-0.4, -0.2) is 27.2 Å². The Hall–Kier alpha value is -3.15. The van der Waals surface area contributed by atoms with Crippen LogP contribution in [0.15, 0.2) is 42.6 Å². The van der Waals surface area contributed by atoms with Gasteiger partial charge in [0.15, 0.2) is 5.69 Å². The molecule has 0 unspecified atom stereocenters. The highest BCUT2D eigenvalue weighted by molar-refractivity contribution is 6.09. The Morgan fingerprint density at radius 2 is 1.92 bits per heavy atom. The summed E-state index contributed by atoms with van der Waals surface area (Å²) >= 11 is 0. The van der Waals surface area contributed by atoms with E-state index in [-0.39, 0.29) is 29.4 Å². The van der Waals surface area contributed by atoms with Gasteiger partial charge in [0.1, 0.15) is 0 Å². The van der Waals surface area contributed by atoms with Gasteiger partial charge in [0.05, 0.1) is 5.52 Å². The number of carbonyl (C=O) groups is 2. The van der Waals surface area contributed by atoms with E-state index in [9.17, 15) is 9.59 Å². The normalized spacial score (nSPS) is 13.6. The number of benzene rings is 1. The van der Waals surface area contributed by atoms with Crippen molar-refractivity contribution in [1.29, 1.82) is 0 Å². The molecule has 4 rings (SSSR count). The first-order chi connectivity index (χ1) is 12.5. The lowest BCUT2D eigenvalue weighted by Crippen LogP contribution is -2.27. The number of imidazole rings is 1. The molecular weight excluding hydrogens is 328 g/mol. The molecule has 1 aliphatic rings. The van der Waals surface area contributed by atoms with E-state index < -0.39 is 0 Å². The lowest BCUT2D eigenvalue weighted by Gasteiger charge is -2.08. The molecule has 2 heterocycles. The summed E-state index contributed by atoms with van der Waals surface area (Å²) in [6, 6.07) is 11.5. The fourth-order valence-electron chi connectivity index (χ4n) is 2.89. The van der Waals surface area contributed by atoms with Gasteiger partial charge in [-0.2, -0.15) is 0 Å². The van der Waals surface area contributed by atoms with Gasteiger partial charge >= 0.3 is 0 Å². The average Bonchev–Trinajstić information content (AvgIpc) is 3.34. The van der Waals surface area contributed by atoms with Gasteiger partial charge in [0.25, 0.3) is 11.8 Å². The van der Waals surface area contributed by atoms with Crippen molar-refractivity contribution < 1.29 is 9.59 Å². The first-order valence-corrected chi connectivity index (χ1v) is 8.69. The van der Waals surface area contributed by atoms with Gasteiger partial charge in [-0.05, 0) is 56.0 Å². The van der Waals surface area contributed by atoms with E-state index in [0.29, 0.717) is 5.52 Å².